The van der Waals surface area contributed by atoms with Gasteiger partial charge in [-0.1, -0.05) is 0 Å². The lowest BCUT2D eigenvalue weighted by Crippen LogP contribution is -2.43. The van der Waals surface area contributed by atoms with Gasteiger partial charge in [0.1, 0.15) is 5.60 Å². The summed E-state index contributed by atoms with van der Waals surface area (Å²) >= 11 is 1.18. The average molecular weight is 298 g/mol. The van der Waals surface area contributed by atoms with Crippen LogP contribution in [0.5, 0.6) is 0 Å². The fourth-order valence-electron chi connectivity index (χ4n) is 1.51. The first kappa shape index (κ1) is 15.0. The van der Waals surface area contributed by atoms with E-state index in [4.69, 9.17) is 5.11 Å². The smallest absolute Gasteiger partial charge is 0.261 e. The predicted molar refractivity (Wildman–Crippen MR) is 75.7 cm³/mol. The van der Waals surface area contributed by atoms with Crippen LogP contribution in [0.1, 0.15) is 29.4 Å². The predicted octanol–water partition coefficient (Wildman–Crippen LogP) is 0.570. The van der Waals surface area contributed by atoms with Crippen molar-refractivity contribution in [3.63, 3.8) is 0 Å². The number of nitrogens with one attached hydrogen (secondary N) is 2. The van der Waals surface area contributed by atoms with Crippen molar-refractivity contribution in [1.82, 2.24) is 5.32 Å². The monoisotopic (exact) mass is 298 g/mol. The van der Waals surface area contributed by atoms with E-state index in [1.165, 1.54) is 18.3 Å². The van der Waals surface area contributed by atoms with Crippen molar-refractivity contribution in [2.45, 2.75) is 25.4 Å². The molecule has 1 saturated carbocycles. The van der Waals surface area contributed by atoms with Gasteiger partial charge in [0.05, 0.1) is 16.5 Å². The molecule has 2 rings (SSSR count). The third-order valence-corrected chi connectivity index (χ3v) is 3.99. The van der Waals surface area contributed by atoms with Crippen LogP contribution in [0.25, 0.3) is 0 Å². The molecule has 0 spiro atoms. The van der Waals surface area contributed by atoms with Crippen LogP contribution < -0.4 is 10.6 Å². The zero-order chi connectivity index (χ0) is 14.8. The molecule has 1 aromatic heterocycles. The Morgan fingerprint density at radius 1 is 1.45 bits per heavy atom. The molecule has 7 heteroatoms. The molecule has 0 bridgehead atoms. The number of carbonyl (C=O) groups excluding carboxylic acids is 2. The molecule has 2 amide bonds. The first-order valence-corrected chi connectivity index (χ1v) is 7.25. The number of hydrogen-bond acceptors (Lipinski definition) is 5. The van der Waals surface area contributed by atoms with Gasteiger partial charge < -0.3 is 20.8 Å². The number of aliphatic hydroxyl groups excluding tert-OH is 1. The average Bonchev–Trinajstić information content (AvgIpc) is 3.17. The molecule has 1 unspecified atom stereocenters. The van der Waals surface area contributed by atoms with Gasteiger partial charge in [0.2, 0.25) is 5.91 Å². The largest absolute Gasteiger partial charge is 0.393 e. The third kappa shape index (κ3) is 4.03. The van der Waals surface area contributed by atoms with Crippen LogP contribution in [-0.4, -0.2) is 40.8 Å². The summed E-state index contributed by atoms with van der Waals surface area (Å²) < 4.78 is 0. The number of thiophene rings is 1. The lowest BCUT2D eigenvalue weighted by molar-refractivity contribution is -0.117. The molecule has 6 nitrogen and oxygen atoms in total. The van der Waals surface area contributed by atoms with E-state index in [0.29, 0.717) is 9.88 Å². The molecular formula is C13H18N2O4S. The van der Waals surface area contributed by atoms with Crippen molar-refractivity contribution in [1.29, 1.82) is 0 Å². The SMILES string of the molecule is CC(O)(CO)CNC(=O)c1ccc(NC(=O)C2CC2)s1. The topological polar surface area (TPSA) is 98.7 Å². The van der Waals surface area contributed by atoms with Gasteiger partial charge >= 0.3 is 0 Å². The van der Waals surface area contributed by atoms with E-state index >= 15 is 0 Å². The summed E-state index contributed by atoms with van der Waals surface area (Å²) in [6.45, 7) is 0.966. The Kier molecular flexibility index (Phi) is 4.42. The molecule has 1 aliphatic rings. The molecule has 1 heterocycles. The zero-order valence-corrected chi connectivity index (χ0v) is 12.0. The highest BCUT2D eigenvalue weighted by Gasteiger charge is 2.30. The minimum absolute atomic E-state index is 0.00187. The lowest BCUT2D eigenvalue weighted by atomic mass is 10.1. The summed E-state index contributed by atoms with van der Waals surface area (Å²) in [5, 5.41) is 24.4. The van der Waals surface area contributed by atoms with Gasteiger partial charge in [0.15, 0.2) is 0 Å². The molecule has 1 aromatic rings. The van der Waals surface area contributed by atoms with Gasteiger partial charge in [-0.15, -0.1) is 11.3 Å². The van der Waals surface area contributed by atoms with Crippen molar-refractivity contribution in [3.05, 3.63) is 17.0 Å². The van der Waals surface area contributed by atoms with E-state index in [2.05, 4.69) is 10.6 Å². The van der Waals surface area contributed by atoms with E-state index in [9.17, 15) is 14.7 Å². The molecule has 1 aliphatic carbocycles. The summed E-state index contributed by atoms with van der Waals surface area (Å²) in [5.74, 6) is -0.216. The first-order valence-electron chi connectivity index (χ1n) is 6.43. The molecule has 4 N–H and O–H groups in total. The fraction of sp³-hybridized carbons (Fsp3) is 0.538. The number of amides is 2. The molecule has 20 heavy (non-hydrogen) atoms. The summed E-state index contributed by atoms with van der Waals surface area (Å²) in [4.78, 5) is 23.9. The van der Waals surface area contributed by atoms with E-state index in [-0.39, 0.29) is 24.3 Å². The van der Waals surface area contributed by atoms with Gasteiger partial charge in [0.25, 0.3) is 5.91 Å². The van der Waals surface area contributed by atoms with Gasteiger partial charge in [-0.05, 0) is 31.9 Å². The minimum atomic E-state index is -1.34. The lowest BCUT2D eigenvalue weighted by Gasteiger charge is -2.20. The highest BCUT2D eigenvalue weighted by atomic mass is 32.1. The highest BCUT2D eigenvalue weighted by molar-refractivity contribution is 7.18. The minimum Gasteiger partial charge on any atom is -0.393 e. The number of aliphatic hydroxyl groups is 2. The fourth-order valence-corrected chi connectivity index (χ4v) is 2.34. The molecule has 1 fully saturated rings. The standard InChI is InChI=1S/C13H18N2O4S/c1-13(19,7-16)6-14-12(18)9-4-5-10(20-9)15-11(17)8-2-3-8/h4-5,8,16,19H,2-3,6-7H2,1H3,(H,14,18)(H,15,17). The maximum absolute atomic E-state index is 11.8. The van der Waals surface area contributed by atoms with E-state index in [1.807, 2.05) is 0 Å². The van der Waals surface area contributed by atoms with Gasteiger partial charge in [0, 0.05) is 12.5 Å². The summed E-state index contributed by atoms with van der Waals surface area (Å²) in [6.07, 6.45) is 1.86. The maximum atomic E-state index is 11.8. The van der Waals surface area contributed by atoms with Crippen LogP contribution >= 0.6 is 11.3 Å². The van der Waals surface area contributed by atoms with E-state index in [0.717, 1.165) is 12.8 Å². The Morgan fingerprint density at radius 2 is 2.15 bits per heavy atom. The Labute approximate surface area is 120 Å². The first-order chi connectivity index (χ1) is 9.41. The van der Waals surface area contributed by atoms with Crippen molar-refractivity contribution >= 4 is 28.2 Å². The Hall–Kier alpha value is -1.44. The quantitative estimate of drug-likeness (QED) is 0.617. The molecule has 0 aromatic carbocycles. The zero-order valence-electron chi connectivity index (χ0n) is 11.2. The van der Waals surface area contributed by atoms with Crippen LogP contribution in [-0.2, 0) is 4.79 Å². The van der Waals surface area contributed by atoms with Crippen molar-refractivity contribution in [2.24, 2.45) is 5.92 Å². The molecular weight excluding hydrogens is 280 g/mol. The Balaban J connectivity index is 1.87. The molecule has 0 aliphatic heterocycles. The third-order valence-electron chi connectivity index (χ3n) is 2.99. The van der Waals surface area contributed by atoms with Crippen LogP contribution in [0, 0.1) is 5.92 Å². The van der Waals surface area contributed by atoms with Crippen molar-refractivity contribution < 1.29 is 19.8 Å². The van der Waals surface area contributed by atoms with Crippen LogP contribution in [0.4, 0.5) is 5.00 Å². The van der Waals surface area contributed by atoms with Gasteiger partial charge in [-0.3, -0.25) is 9.59 Å². The summed E-state index contributed by atoms with van der Waals surface area (Å²) in [6, 6.07) is 3.31. The van der Waals surface area contributed by atoms with Crippen LogP contribution in [0.2, 0.25) is 0 Å². The second-order valence-electron chi connectivity index (χ2n) is 5.27. The van der Waals surface area contributed by atoms with E-state index < -0.39 is 12.2 Å². The van der Waals surface area contributed by atoms with Crippen LogP contribution in [0.15, 0.2) is 12.1 Å². The maximum Gasteiger partial charge on any atom is 0.261 e. The normalized spacial score (nSPS) is 17.4. The van der Waals surface area contributed by atoms with Crippen molar-refractivity contribution in [2.75, 3.05) is 18.5 Å². The number of rotatable bonds is 6. The summed E-state index contributed by atoms with van der Waals surface area (Å²) in [5.41, 5.74) is -1.34. The Morgan fingerprint density at radius 3 is 2.75 bits per heavy atom. The van der Waals surface area contributed by atoms with Gasteiger partial charge in [-0.2, -0.15) is 0 Å². The van der Waals surface area contributed by atoms with Gasteiger partial charge in [-0.25, -0.2) is 0 Å². The number of carbonyl (C=O) groups is 2. The number of hydrogen-bond donors (Lipinski definition) is 4. The highest BCUT2D eigenvalue weighted by Crippen LogP contribution is 2.31. The molecule has 0 saturated heterocycles. The second kappa shape index (κ2) is 5.90. The Bertz CT molecular complexity index is 508. The van der Waals surface area contributed by atoms with E-state index in [1.54, 1.807) is 12.1 Å². The van der Waals surface area contributed by atoms with Crippen LogP contribution in [0.3, 0.4) is 0 Å². The second-order valence-corrected chi connectivity index (χ2v) is 6.35. The molecule has 110 valence electrons. The van der Waals surface area contributed by atoms with Crippen molar-refractivity contribution in [3.8, 4) is 0 Å². The molecule has 1 atom stereocenters. The summed E-state index contributed by atoms with van der Waals surface area (Å²) in [7, 11) is 0. The number of anilines is 1. The molecule has 0 radical (unpaired) electrons.